The highest BCUT2D eigenvalue weighted by Gasteiger charge is 2.15. The van der Waals surface area contributed by atoms with Crippen LogP contribution in [0.1, 0.15) is 26.7 Å². The Bertz CT molecular complexity index is 854. The molecule has 7 nitrogen and oxygen atoms in total. The quantitative estimate of drug-likeness (QED) is 0.726. The largest absolute Gasteiger partial charge is 0.385 e. The third kappa shape index (κ3) is 4.36. The number of nitrogens with one attached hydrogen (secondary N) is 1. The van der Waals surface area contributed by atoms with E-state index in [4.69, 9.17) is 4.74 Å². The number of aromatic nitrogens is 2. The van der Waals surface area contributed by atoms with Crippen LogP contribution < -0.4 is 16.6 Å². The molecule has 0 unspecified atom stereocenters. The van der Waals surface area contributed by atoms with Crippen molar-refractivity contribution in [3.05, 3.63) is 45.1 Å². The molecule has 0 radical (unpaired) electrons. The first kappa shape index (κ1) is 18.9. The number of para-hydroxylation sites is 1. The van der Waals surface area contributed by atoms with Crippen LogP contribution >= 0.6 is 0 Å². The molecule has 25 heavy (non-hydrogen) atoms. The number of fused-ring (bicyclic) bond motifs is 1. The lowest BCUT2D eigenvalue weighted by Crippen LogP contribution is -2.43. The summed E-state index contributed by atoms with van der Waals surface area (Å²) in [6.07, 6.45) is 1.35. The number of carbonyl (C=O) groups is 1. The smallest absolute Gasteiger partial charge is 0.331 e. The third-order valence-corrected chi connectivity index (χ3v) is 4.18. The molecule has 1 aromatic heterocycles. The van der Waals surface area contributed by atoms with Gasteiger partial charge in [0.1, 0.15) is 6.54 Å². The summed E-state index contributed by atoms with van der Waals surface area (Å²) < 4.78 is 7.53. The van der Waals surface area contributed by atoms with Gasteiger partial charge in [-0.2, -0.15) is 0 Å². The second-order valence-corrected chi connectivity index (χ2v) is 6.07. The molecule has 2 rings (SSSR count). The maximum absolute atomic E-state index is 12.8. The van der Waals surface area contributed by atoms with Crippen LogP contribution in [0.4, 0.5) is 0 Å². The average Bonchev–Trinajstić information content (AvgIpc) is 2.61. The van der Waals surface area contributed by atoms with E-state index < -0.39 is 5.69 Å². The van der Waals surface area contributed by atoms with Crippen molar-refractivity contribution in [2.45, 2.75) is 45.8 Å². The van der Waals surface area contributed by atoms with Crippen molar-refractivity contribution >= 4 is 16.8 Å². The van der Waals surface area contributed by atoms with Crippen LogP contribution in [0.15, 0.2) is 33.9 Å². The Morgan fingerprint density at radius 1 is 1.24 bits per heavy atom. The minimum atomic E-state index is -0.473. The summed E-state index contributed by atoms with van der Waals surface area (Å²) in [5, 5.41) is 3.28. The Hall–Kier alpha value is -2.41. The maximum Gasteiger partial charge on any atom is 0.331 e. The fourth-order valence-electron chi connectivity index (χ4n) is 2.65. The highest BCUT2D eigenvalue weighted by molar-refractivity contribution is 5.81. The molecule has 0 fully saturated rings. The lowest BCUT2D eigenvalue weighted by molar-refractivity contribution is -0.122. The Morgan fingerprint density at radius 3 is 2.64 bits per heavy atom. The fourth-order valence-corrected chi connectivity index (χ4v) is 2.65. The summed E-state index contributed by atoms with van der Waals surface area (Å²) in [5.74, 6) is -0.247. The van der Waals surface area contributed by atoms with E-state index in [1.54, 1.807) is 31.4 Å². The summed E-state index contributed by atoms with van der Waals surface area (Å²) in [5.41, 5.74) is -0.339. The van der Waals surface area contributed by atoms with Gasteiger partial charge in [-0.3, -0.25) is 18.7 Å². The van der Waals surface area contributed by atoms with Crippen molar-refractivity contribution < 1.29 is 9.53 Å². The third-order valence-electron chi connectivity index (χ3n) is 4.18. The van der Waals surface area contributed by atoms with Crippen LogP contribution in [-0.4, -0.2) is 34.8 Å². The van der Waals surface area contributed by atoms with Crippen LogP contribution in [-0.2, 0) is 22.6 Å². The van der Waals surface area contributed by atoms with Gasteiger partial charge in [0.05, 0.1) is 10.9 Å². The number of benzene rings is 1. The Balaban J connectivity index is 2.48. The van der Waals surface area contributed by atoms with E-state index in [2.05, 4.69) is 5.32 Å². The molecule has 0 bridgehead atoms. The van der Waals surface area contributed by atoms with Crippen molar-refractivity contribution in [2.24, 2.45) is 0 Å². The van der Waals surface area contributed by atoms with Gasteiger partial charge in [-0.05, 0) is 31.9 Å². The van der Waals surface area contributed by atoms with E-state index in [-0.39, 0.29) is 30.6 Å². The van der Waals surface area contributed by atoms with Crippen molar-refractivity contribution in [3.8, 4) is 0 Å². The monoisotopic (exact) mass is 347 g/mol. The highest BCUT2D eigenvalue weighted by atomic mass is 16.5. The zero-order chi connectivity index (χ0) is 18.4. The summed E-state index contributed by atoms with van der Waals surface area (Å²) in [7, 11) is 1.57. The molecular formula is C18H25N3O4. The van der Waals surface area contributed by atoms with Gasteiger partial charge in [-0.15, -0.1) is 0 Å². The normalized spacial score (nSPS) is 12.3. The number of nitrogens with zero attached hydrogens (tertiary/aromatic N) is 2. The Morgan fingerprint density at radius 2 is 1.96 bits per heavy atom. The molecular weight excluding hydrogens is 322 g/mol. The molecule has 0 saturated carbocycles. The lowest BCUT2D eigenvalue weighted by atomic mass is 10.2. The number of hydrogen-bond acceptors (Lipinski definition) is 4. The number of methoxy groups -OCH3 is 1. The molecule has 1 aromatic carbocycles. The van der Waals surface area contributed by atoms with Crippen LogP contribution in [0.3, 0.4) is 0 Å². The van der Waals surface area contributed by atoms with E-state index in [1.807, 2.05) is 13.8 Å². The lowest BCUT2D eigenvalue weighted by Gasteiger charge is -2.16. The molecule has 0 aliphatic rings. The molecule has 0 saturated heterocycles. The van der Waals surface area contributed by atoms with Gasteiger partial charge in [0.25, 0.3) is 5.56 Å². The highest BCUT2D eigenvalue weighted by Crippen LogP contribution is 2.07. The number of amides is 1. The average molecular weight is 347 g/mol. The second-order valence-electron chi connectivity index (χ2n) is 6.07. The van der Waals surface area contributed by atoms with Gasteiger partial charge < -0.3 is 10.1 Å². The van der Waals surface area contributed by atoms with Gasteiger partial charge in [0.2, 0.25) is 5.91 Å². The molecule has 1 amide bonds. The van der Waals surface area contributed by atoms with Crippen molar-refractivity contribution in [1.82, 2.24) is 14.5 Å². The summed E-state index contributed by atoms with van der Waals surface area (Å²) in [6.45, 7) is 4.47. The van der Waals surface area contributed by atoms with Crippen molar-refractivity contribution in [3.63, 3.8) is 0 Å². The van der Waals surface area contributed by atoms with E-state index in [0.717, 1.165) is 6.42 Å². The first-order valence-corrected chi connectivity index (χ1v) is 8.50. The van der Waals surface area contributed by atoms with E-state index in [0.29, 0.717) is 23.9 Å². The minimum absolute atomic E-state index is 0.0297. The molecule has 1 heterocycles. The van der Waals surface area contributed by atoms with Crippen molar-refractivity contribution in [1.29, 1.82) is 0 Å². The molecule has 0 aliphatic carbocycles. The number of hydrogen-bond donors (Lipinski definition) is 1. The molecule has 1 atom stereocenters. The second kappa shape index (κ2) is 8.62. The summed E-state index contributed by atoms with van der Waals surface area (Å²) >= 11 is 0. The Labute approximate surface area is 146 Å². The molecule has 2 aromatic rings. The maximum atomic E-state index is 12.8. The van der Waals surface area contributed by atoms with E-state index in [9.17, 15) is 14.4 Å². The summed E-state index contributed by atoms with van der Waals surface area (Å²) in [6, 6.07) is 6.89. The van der Waals surface area contributed by atoms with Gasteiger partial charge in [0.15, 0.2) is 0 Å². The van der Waals surface area contributed by atoms with Gasteiger partial charge in [-0.25, -0.2) is 4.79 Å². The topological polar surface area (TPSA) is 82.3 Å². The van der Waals surface area contributed by atoms with E-state index in [1.165, 1.54) is 9.13 Å². The molecule has 136 valence electrons. The first-order chi connectivity index (χ1) is 12.0. The molecule has 7 heteroatoms. The SMILES string of the molecule is CC[C@H](C)NC(=O)Cn1c(=O)n(CCCOC)c(=O)c2ccccc21. The first-order valence-electron chi connectivity index (χ1n) is 8.50. The zero-order valence-corrected chi connectivity index (χ0v) is 14.9. The number of ether oxygens (including phenoxy) is 1. The zero-order valence-electron chi connectivity index (χ0n) is 14.9. The predicted molar refractivity (Wildman–Crippen MR) is 96.9 cm³/mol. The Kier molecular flexibility index (Phi) is 6.52. The van der Waals surface area contributed by atoms with Gasteiger partial charge in [0, 0.05) is 26.3 Å². The molecule has 0 spiro atoms. The van der Waals surface area contributed by atoms with Crippen LogP contribution in [0.25, 0.3) is 10.9 Å². The minimum Gasteiger partial charge on any atom is -0.385 e. The summed E-state index contributed by atoms with van der Waals surface area (Å²) in [4.78, 5) is 37.7. The number of rotatable bonds is 8. The molecule has 0 aliphatic heterocycles. The van der Waals surface area contributed by atoms with Crippen LogP contribution in [0, 0.1) is 0 Å². The molecule has 1 N–H and O–H groups in total. The van der Waals surface area contributed by atoms with Crippen molar-refractivity contribution in [2.75, 3.05) is 13.7 Å². The fraction of sp³-hybridized carbons (Fsp3) is 0.500. The standard InChI is InChI=1S/C18H25N3O4/c1-4-13(2)19-16(22)12-21-15-9-6-5-8-14(15)17(23)20(18(21)24)10-7-11-25-3/h5-6,8-9,13H,4,7,10-12H2,1-3H3,(H,19,22)/t13-/m0/s1. The number of carbonyl (C=O) groups excluding carboxylic acids is 1. The van der Waals surface area contributed by atoms with E-state index >= 15 is 0 Å². The van der Waals surface area contributed by atoms with Crippen LogP contribution in [0.5, 0.6) is 0 Å². The predicted octanol–water partition coefficient (Wildman–Crippen LogP) is 1.11. The van der Waals surface area contributed by atoms with Gasteiger partial charge >= 0.3 is 5.69 Å². The van der Waals surface area contributed by atoms with Gasteiger partial charge in [-0.1, -0.05) is 19.1 Å². The van der Waals surface area contributed by atoms with Crippen LogP contribution in [0.2, 0.25) is 0 Å².